The van der Waals surface area contributed by atoms with Crippen LogP contribution in [0.25, 0.3) is 0 Å². The maximum absolute atomic E-state index is 13.8. The minimum Gasteiger partial charge on any atom is -0.318 e. The molecule has 1 saturated heterocycles. The first kappa shape index (κ1) is 17.3. The van der Waals surface area contributed by atoms with Gasteiger partial charge in [0.1, 0.15) is 11.4 Å². The van der Waals surface area contributed by atoms with Gasteiger partial charge in [-0.1, -0.05) is 53.2 Å². The van der Waals surface area contributed by atoms with Crippen molar-refractivity contribution in [3.63, 3.8) is 0 Å². The number of nitrogens with one attached hydrogen (secondary N) is 1. The summed E-state index contributed by atoms with van der Waals surface area (Å²) in [6, 6.07) is 12.7. The molecule has 0 radical (unpaired) electrons. The van der Waals surface area contributed by atoms with Crippen molar-refractivity contribution < 1.29 is 14.0 Å². The third kappa shape index (κ3) is 3.07. The van der Waals surface area contributed by atoms with E-state index >= 15 is 0 Å². The van der Waals surface area contributed by atoms with Crippen molar-refractivity contribution in [1.82, 2.24) is 10.3 Å². The van der Waals surface area contributed by atoms with Crippen LogP contribution in [0.15, 0.2) is 58.1 Å². The predicted molar refractivity (Wildman–Crippen MR) is 95.5 cm³/mol. The Morgan fingerprint density at radius 3 is 2.64 bits per heavy atom. The van der Waals surface area contributed by atoms with E-state index in [1.807, 2.05) is 13.0 Å². The van der Waals surface area contributed by atoms with Gasteiger partial charge < -0.3 is 5.32 Å². The minimum absolute atomic E-state index is 0.170. The van der Waals surface area contributed by atoms with Gasteiger partial charge in [-0.25, -0.2) is 9.18 Å². The number of imide groups is 1. The highest BCUT2D eigenvalue weighted by atomic mass is 79.9. The lowest BCUT2D eigenvalue weighted by Gasteiger charge is -2.24. The second kappa shape index (κ2) is 6.76. The summed E-state index contributed by atoms with van der Waals surface area (Å²) in [5.41, 5.74) is -0.309. The minimum atomic E-state index is -1.16. The molecular formula is C18H15BrFN3O2. The van der Waals surface area contributed by atoms with Crippen molar-refractivity contribution in [2.45, 2.75) is 18.9 Å². The van der Waals surface area contributed by atoms with Crippen LogP contribution in [0.5, 0.6) is 0 Å². The Morgan fingerprint density at radius 2 is 1.96 bits per heavy atom. The Morgan fingerprint density at radius 1 is 1.24 bits per heavy atom. The lowest BCUT2D eigenvalue weighted by Crippen LogP contribution is -2.43. The van der Waals surface area contributed by atoms with Gasteiger partial charge in [0.2, 0.25) is 0 Å². The molecule has 0 bridgehead atoms. The molecule has 0 spiro atoms. The Labute approximate surface area is 152 Å². The number of hydrogen-bond donors (Lipinski definition) is 1. The quantitative estimate of drug-likeness (QED) is 0.623. The average Bonchev–Trinajstić information content (AvgIpc) is 2.87. The van der Waals surface area contributed by atoms with Crippen molar-refractivity contribution in [2.24, 2.45) is 5.10 Å². The monoisotopic (exact) mass is 403 g/mol. The average molecular weight is 404 g/mol. The van der Waals surface area contributed by atoms with Crippen LogP contribution in [0.2, 0.25) is 0 Å². The number of rotatable bonds is 4. The van der Waals surface area contributed by atoms with Gasteiger partial charge >= 0.3 is 6.03 Å². The van der Waals surface area contributed by atoms with Gasteiger partial charge in [-0.2, -0.15) is 5.10 Å². The van der Waals surface area contributed by atoms with Gasteiger partial charge in [0.25, 0.3) is 5.91 Å². The standard InChI is InChI=1S/C18H15BrFN3O2/c1-2-18(13-6-4-3-5-7-13)16(24)23(17(25)22-18)21-11-12-10-14(19)8-9-15(12)20/h3-11H,2H2,1H3,(H,22,25)/b21-11-/t18-/m0/s1. The molecule has 2 aromatic carbocycles. The van der Waals surface area contributed by atoms with E-state index in [9.17, 15) is 14.0 Å². The van der Waals surface area contributed by atoms with Crippen LogP contribution >= 0.6 is 15.9 Å². The van der Waals surface area contributed by atoms with Gasteiger partial charge in [0.05, 0.1) is 6.21 Å². The topological polar surface area (TPSA) is 61.8 Å². The van der Waals surface area contributed by atoms with Crippen LogP contribution in [0, 0.1) is 5.82 Å². The zero-order chi connectivity index (χ0) is 18.0. The fourth-order valence-electron chi connectivity index (χ4n) is 2.76. The number of amides is 3. The number of hydrazone groups is 1. The van der Waals surface area contributed by atoms with E-state index in [2.05, 4.69) is 26.3 Å². The molecule has 1 aliphatic heterocycles. The van der Waals surface area contributed by atoms with Crippen molar-refractivity contribution >= 4 is 34.1 Å². The van der Waals surface area contributed by atoms with Crippen molar-refractivity contribution in [2.75, 3.05) is 0 Å². The third-order valence-corrected chi connectivity index (χ3v) is 4.63. The highest BCUT2D eigenvalue weighted by molar-refractivity contribution is 9.10. The first-order valence-electron chi connectivity index (χ1n) is 7.69. The molecule has 5 nitrogen and oxygen atoms in total. The summed E-state index contributed by atoms with van der Waals surface area (Å²) in [5, 5.41) is 7.38. The SMILES string of the molecule is CC[C@@]1(c2ccccc2)NC(=O)N(/N=C\c2cc(Br)ccc2F)C1=O. The van der Waals surface area contributed by atoms with E-state index in [0.29, 0.717) is 16.5 Å². The molecule has 1 N–H and O–H groups in total. The molecule has 128 valence electrons. The first-order chi connectivity index (χ1) is 12.0. The van der Waals surface area contributed by atoms with E-state index in [1.54, 1.807) is 30.3 Å². The molecule has 25 heavy (non-hydrogen) atoms. The van der Waals surface area contributed by atoms with Crippen LogP contribution in [0.1, 0.15) is 24.5 Å². The first-order valence-corrected chi connectivity index (χ1v) is 8.48. The summed E-state index contributed by atoms with van der Waals surface area (Å²) in [6.45, 7) is 1.81. The maximum Gasteiger partial charge on any atom is 0.346 e. The zero-order valence-electron chi connectivity index (χ0n) is 13.4. The van der Waals surface area contributed by atoms with E-state index in [1.165, 1.54) is 12.1 Å². The number of urea groups is 1. The van der Waals surface area contributed by atoms with Gasteiger partial charge in [0.15, 0.2) is 0 Å². The molecule has 0 unspecified atom stereocenters. The summed E-state index contributed by atoms with van der Waals surface area (Å²) < 4.78 is 14.5. The molecule has 0 aliphatic carbocycles. The Balaban J connectivity index is 1.94. The fourth-order valence-corrected chi connectivity index (χ4v) is 3.14. The normalized spacial score (nSPS) is 20.4. The van der Waals surface area contributed by atoms with E-state index in [-0.39, 0.29) is 5.56 Å². The van der Waals surface area contributed by atoms with Crippen LogP contribution in [-0.4, -0.2) is 23.2 Å². The summed E-state index contributed by atoms with van der Waals surface area (Å²) in [7, 11) is 0. The second-order valence-corrected chi connectivity index (χ2v) is 6.50. The highest BCUT2D eigenvalue weighted by Crippen LogP contribution is 2.32. The molecule has 1 atom stereocenters. The molecule has 3 rings (SSSR count). The van der Waals surface area contributed by atoms with Crippen LogP contribution in [0.4, 0.5) is 9.18 Å². The largest absolute Gasteiger partial charge is 0.346 e. The molecular weight excluding hydrogens is 389 g/mol. The van der Waals surface area contributed by atoms with Gasteiger partial charge in [-0.05, 0) is 30.2 Å². The van der Waals surface area contributed by atoms with Gasteiger partial charge in [-0.3, -0.25) is 4.79 Å². The zero-order valence-corrected chi connectivity index (χ0v) is 15.0. The van der Waals surface area contributed by atoms with Crippen molar-refractivity contribution in [1.29, 1.82) is 0 Å². The Hall–Kier alpha value is -2.54. The van der Waals surface area contributed by atoms with Gasteiger partial charge in [0, 0.05) is 10.0 Å². The van der Waals surface area contributed by atoms with E-state index < -0.39 is 23.3 Å². The van der Waals surface area contributed by atoms with E-state index in [4.69, 9.17) is 0 Å². The van der Waals surface area contributed by atoms with Crippen LogP contribution < -0.4 is 5.32 Å². The lowest BCUT2D eigenvalue weighted by atomic mass is 9.87. The molecule has 7 heteroatoms. The Bertz CT molecular complexity index is 857. The number of nitrogens with zero attached hydrogens (tertiary/aromatic N) is 2. The summed E-state index contributed by atoms with van der Waals surface area (Å²) >= 11 is 3.25. The number of carbonyl (C=O) groups excluding carboxylic acids is 2. The third-order valence-electron chi connectivity index (χ3n) is 4.14. The number of benzene rings is 2. The highest BCUT2D eigenvalue weighted by Gasteiger charge is 2.51. The molecule has 2 aromatic rings. The summed E-state index contributed by atoms with van der Waals surface area (Å²) in [6.07, 6.45) is 1.53. The second-order valence-electron chi connectivity index (χ2n) is 5.58. The van der Waals surface area contributed by atoms with Crippen molar-refractivity contribution in [3.05, 3.63) is 69.9 Å². The predicted octanol–water partition coefficient (Wildman–Crippen LogP) is 3.78. The smallest absolute Gasteiger partial charge is 0.318 e. The number of carbonyl (C=O) groups is 2. The number of halogens is 2. The lowest BCUT2D eigenvalue weighted by molar-refractivity contribution is -0.131. The van der Waals surface area contributed by atoms with Gasteiger partial charge in [-0.15, -0.1) is 5.01 Å². The molecule has 3 amide bonds. The van der Waals surface area contributed by atoms with Crippen LogP contribution in [0.3, 0.4) is 0 Å². The van der Waals surface area contributed by atoms with Crippen molar-refractivity contribution in [3.8, 4) is 0 Å². The summed E-state index contributed by atoms with van der Waals surface area (Å²) in [5.74, 6) is -0.985. The maximum atomic E-state index is 13.8. The Kier molecular flexibility index (Phi) is 4.67. The molecule has 1 fully saturated rings. The fraction of sp³-hybridized carbons (Fsp3) is 0.167. The molecule has 0 saturated carbocycles. The van der Waals surface area contributed by atoms with E-state index in [0.717, 1.165) is 11.2 Å². The molecule has 1 aliphatic rings. The molecule has 0 aromatic heterocycles. The molecule has 1 heterocycles. The number of hydrogen-bond acceptors (Lipinski definition) is 3. The van der Waals surface area contributed by atoms with Crippen LogP contribution in [-0.2, 0) is 10.3 Å². The summed E-state index contributed by atoms with van der Waals surface area (Å²) in [4.78, 5) is 25.2.